The molecule has 0 amide bonds. The van der Waals surface area contributed by atoms with Gasteiger partial charge in [-0.15, -0.1) is 0 Å². The van der Waals surface area contributed by atoms with E-state index in [-0.39, 0.29) is 3.87 Å². The molecule has 1 aromatic heterocycles. The van der Waals surface area contributed by atoms with Crippen LogP contribution in [0.5, 0.6) is 0 Å². The minimum atomic E-state index is -0.497. The van der Waals surface area contributed by atoms with E-state index in [1.807, 2.05) is 29.1 Å². The second kappa shape index (κ2) is 4.29. The molecule has 4 heteroatoms. The molecule has 1 nitrogen and oxygen atoms in total. The first-order valence-corrected chi connectivity index (χ1v) is 5.26. The number of hydrogen-bond donors (Lipinski definition) is 0. The second-order valence-electron chi connectivity index (χ2n) is 3.25. The summed E-state index contributed by atoms with van der Waals surface area (Å²) in [5, 5.41) is 0. The summed E-state index contributed by atoms with van der Waals surface area (Å²) in [5.74, 6) is -0.951. The van der Waals surface area contributed by atoms with Gasteiger partial charge in [-0.25, -0.2) is 0 Å². The first-order valence-electron chi connectivity index (χ1n) is 4.47. The summed E-state index contributed by atoms with van der Waals surface area (Å²) in [5.41, 5.74) is 0.505. The van der Waals surface area contributed by atoms with Gasteiger partial charge in [-0.2, -0.15) is 0 Å². The summed E-state index contributed by atoms with van der Waals surface area (Å²) >= 11 is 1.45. The van der Waals surface area contributed by atoms with E-state index in [0.717, 1.165) is 0 Å². The third kappa shape index (κ3) is 2.19. The molecule has 1 aromatic carbocycles. The van der Waals surface area contributed by atoms with Gasteiger partial charge < -0.3 is 0 Å². The average molecular weight is 240 g/mol. The van der Waals surface area contributed by atoms with Crippen LogP contribution in [0, 0.1) is 11.6 Å². The van der Waals surface area contributed by atoms with Crippen LogP contribution in [0.1, 0.15) is 5.56 Å². The minimum absolute atomic E-state index is 0.0830. The van der Waals surface area contributed by atoms with Gasteiger partial charge in [-0.3, -0.25) is 0 Å². The van der Waals surface area contributed by atoms with Crippen LogP contribution in [-0.4, -0.2) is 4.57 Å². The SMILES string of the molecule is Fc1ccc(Cn2cccc2)c(F)[c]1[Ti]. The molecule has 2 aromatic rings. The molecule has 75 valence electrons. The predicted molar refractivity (Wildman–Crippen MR) is 49.5 cm³/mol. The number of aromatic nitrogens is 1. The zero-order chi connectivity index (χ0) is 10.8. The standard InChI is InChI=1S/C11H8F2N.Ti/c12-10-4-3-9(11(13)7-10)8-14-5-1-2-6-14;/h1-6H,8H2;. The zero-order valence-electron chi connectivity index (χ0n) is 7.87. The van der Waals surface area contributed by atoms with Crippen LogP contribution in [0.2, 0.25) is 0 Å². The van der Waals surface area contributed by atoms with Crippen molar-refractivity contribution in [2.45, 2.75) is 6.54 Å². The van der Waals surface area contributed by atoms with Gasteiger partial charge in [0.1, 0.15) is 0 Å². The van der Waals surface area contributed by atoms with Gasteiger partial charge in [0.15, 0.2) is 0 Å². The first-order chi connectivity index (χ1) is 7.18. The predicted octanol–water partition coefficient (Wildman–Crippen LogP) is 1.99. The van der Waals surface area contributed by atoms with E-state index < -0.39 is 11.6 Å². The molecule has 0 saturated carbocycles. The number of benzene rings is 1. The molecule has 0 aliphatic heterocycles. The van der Waals surface area contributed by atoms with Crippen molar-refractivity contribution in [1.29, 1.82) is 0 Å². The third-order valence-corrected chi connectivity index (χ3v) is 2.91. The van der Waals surface area contributed by atoms with Gasteiger partial charge in [0.05, 0.1) is 0 Å². The van der Waals surface area contributed by atoms with Crippen LogP contribution < -0.4 is 3.87 Å². The van der Waals surface area contributed by atoms with Crippen molar-refractivity contribution in [3.8, 4) is 0 Å². The number of hydrogen-bond acceptors (Lipinski definition) is 0. The number of nitrogens with zero attached hydrogens (tertiary/aromatic N) is 1. The van der Waals surface area contributed by atoms with Crippen molar-refractivity contribution in [2.75, 3.05) is 0 Å². The molecule has 0 aliphatic rings. The molecule has 0 atom stereocenters. The van der Waals surface area contributed by atoms with Gasteiger partial charge in [0.25, 0.3) is 0 Å². The molecule has 0 N–H and O–H groups in total. The molecule has 0 radical (unpaired) electrons. The number of rotatable bonds is 2. The van der Waals surface area contributed by atoms with Crippen LogP contribution >= 0.6 is 0 Å². The van der Waals surface area contributed by atoms with E-state index in [9.17, 15) is 8.78 Å². The Morgan fingerprint density at radius 2 is 1.80 bits per heavy atom. The Balaban J connectivity index is 2.34. The van der Waals surface area contributed by atoms with Crippen molar-refractivity contribution in [1.82, 2.24) is 4.57 Å². The summed E-state index contributed by atoms with van der Waals surface area (Å²) in [7, 11) is 0. The Kier molecular flexibility index (Phi) is 3.03. The van der Waals surface area contributed by atoms with Crippen LogP contribution in [-0.2, 0) is 27.0 Å². The Hall–Kier alpha value is -0.926. The summed E-state index contributed by atoms with van der Waals surface area (Å²) in [6.45, 7) is 0.431. The van der Waals surface area contributed by atoms with Gasteiger partial charge in [0.2, 0.25) is 0 Å². The maximum absolute atomic E-state index is 13.6. The van der Waals surface area contributed by atoms with E-state index in [4.69, 9.17) is 0 Å². The quantitative estimate of drug-likeness (QED) is 0.707. The molecule has 0 saturated heterocycles. The van der Waals surface area contributed by atoms with Crippen molar-refractivity contribution in [3.63, 3.8) is 0 Å². The van der Waals surface area contributed by atoms with Crippen molar-refractivity contribution in [3.05, 3.63) is 53.9 Å². The zero-order valence-corrected chi connectivity index (χ0v) is 9.44. The monoisotopic (exact) mass is 240 g/mol. The van der Waals surface area contributed by atoms with Gasteiger partial charge in [-0.05, 0) is 0 Å². The molecule has 0 unspecified atom stereocenters. The maximum atomic E-state index is 13.6. The van der Waals surface area contributed by atoms with Crippen LogP contribution in [0.15, 0.2) is 36.7 Å². The summed E-state index contributed by atoms with van der Waals surface area (Å²) < 4.78 is 28.5. The second-order valence-corrected chi connectivity index (χ2v) is 4.03. The van der Waals surface area contributed by atoms with Gasteiger partial charge >= 0.3 is 98.1 Å². The molecule has 15 heavy (non-hydrogen) atoms. The fourth-order valence-corrected chi connectivity index (χ4v) is 1.77. The molecular formula is C11H8F2NTi. The van der Waals surface area contributed by atoms with E-state index in [2.05, 4.69) is 0 Å². The summed E-state index contributed by atoms with van der Waals surface area (Å²) in [4.78, 5) is 0. The summed E-state index contributed by atoms with van der Waals surface area (Å²) in [6, 6.07) is 6.53. The Morgan fingerprint density at radius 1 is 1.13 bits per heavy atom. The third-order valence-electron chi connectivity index (χ3n) is 2.19. The first kappa shape index (κ1) is 10.6. The van der Waals surface area contributed by atoms with Crippen molar-refractivity contribution >= 4 is 3.87 Å². The summed E-state index contributed by atoms with van der Waals surface area (Å²) in [6.07, 6.45) is 3.69. The molecule has 0 spiro atoms. The van der Waals surface area contributed by atoms with Gasteiger partial charge in [0, 0.05) is 0 Å². The van der Waals surface area contributed by atoms with E-state index in [0.29, 0.717) is 12.1 Å². The molecule has 0 bridgehead atoms. The van der Waals surface area contributed by atoms with Crippen molar-refractivity contribution in [2.24, 2.45) is 0 Å². The Morgan fingerprint density at radius 3 is 2.47 bits per heavy atom. The van der Waals surface area contributed by atoms with E-state index in [1.165, 1.54) is 32.6 Å². The molecule has 2 rings (SSSR count). The van der Waals surface area contributed by atoms with E-state index in [1.54, 1.807) is 0 Å². The van der Waals surface area contributed by atoms with Crippen LogP contribution in [0.3, 0.4) is 0 Å². The average Bonchev–Trinajstić information content (AvgIpc) is 2.72. The molecular weight excluding hydrogens is 232 g/mol. The Labute approximate surface area is 98.1 Å². The fourth-order valence-electron chi connectivity index (χ4n) is 1.39. The topological polar surface area (TPSA) is 4.93 Å². The van der Waals surface area contributed by atoms with Crippen molar-refractivity contribution < 1.29 is 29.2 Å². The molecule has 0 fully saturated rings. The molecule has 1 heterocycles. The van der Waals surface area contributed by atoms with E-state index >= 15 is 0 Å². The fraction of sp³-hybridized carbons (Fsp3) is 0.0909. The Bertz CT molecular complexity index is 466. The normalized spacial score (nSPS) is 10.5. The van der Waals surface area contributed by atoms with Crippen LogP contribution in [0.25, 0.3) is 0 Å². The molecule has 0 aliphatic carbocycles. The van der Waals surface area contributed by atoms with Gasteiger partial charge in [-0.1, -0.05) is 0 Å². The van der Waals surface area contributed by atoms with Crippen LogP contribution in [0.4, 0.5) is 8.78 Å². The number of halogens is 2.